The molecule has 0 radical (unpaired) electrons. The number of hydrogen-bond acceptors (Lipinski definition) is 4. The van der Waals surface area contributed by atoms with Crippen LogP contribution in [0.25, 0.3) is 0 Å². The molecule has 0 atom stereocenters. The summed E-state index contributed by atoms with van der Waals surface area (Å²) in [5.74, 6) is -0.345. The molecule has 1 aliphatic heterocycles. The van der Waals surface area contributed by atoms with Gasteiger partial charge in [-0.05, 0) is 60.5 Å². The highest BCUT2D eigenvalue weighted by atomic mass is 79.9. The minimum atomic E-state index is -3.96. The van der Waals surface area contributed by atoms with Gasteiger partial charge in [-0.3, -0.25) is 13.9 Å². The Labute approximate surface area is 207 Å². The second-order valence-electron chi connectivity index (χ2n) is 7.90. The second kappa shape index (κ2) is 10.4. The first-order valence-corrected chi connectivity index (χ1v) is 13.1. The van der Waals surface area contributed by atoms with Gasteiger partial charge in [-0.1, -0.05) is 46.3 Å². The molecule has 1 N–H and O–H groups in total. The average molecular weight is 542 g/mol. The van der Waals surface area contributed by atoms with Crippen molar-refractivity contribution < 1.29 is 18.0 Å². The molecule has 1 fully saturated rings. The Morgan fingerprint density at radius 3 is 2.41 bits per heavy atom. The number of benzene rings is 3. The van der Waals surface area contributed by atoms with Crippen LogP contribution < -0.4 is 14.5 Å². The third-order valence-corrected chi connectivity index (χ3v) is 7.84. The topological polar surface area (TPSA) is 86.8 Å². The van der Waals surface area contributed by atoms with Crippen LogP contribution in [0, 0.1) is 0 Å². The van der Waals surface area contributed by atoms with Crippen molar-refractivity contribution in [2.45, 2.75) is 24.3 Å². The van der Waals surface area contributed by atoms with Crippen LogP contribution in [0.15, 0.2) is 88.2 Å². The van der Waals surface area contributed by atoms with Crippen molar-refractivity contribution >= 4 is 49.1 Å². The quantitative estimate of drug-likeness (QED) is 0.465. The first-order valence-electron chi connectivity index (χ1n) is 10.8. The first-order chi connectivity index (χ1) is 16.3. The lowest BCUT2D eigenvalue weighted by Gasteiger charge is -2.24. The second-order valence-corrected chi connectivity index (χ2v) is 10.7. The van der Waals surface area contributed by atoms with Crippen LogP contribution in [-0.4, -0.2) is 33.3 Å². The number of carbonyl (C=O) groups excluding carboxylic acids is 2. The molecule has 0 bridgehead atoms. The molecule has 3 aromatic carbocycles. The van der Waals surface area contributed by atoms with Crippen molar-refractivity contribution in [3.63, 3.8) is 0 Å². The van der Waals surface area contributed by atoms with Crippen LogP contribution in [0.4, 0.5) is 11.4 Å². The minimum absolute atomic E-state index is 0.0949. The lowest BCUT2D eigenvalue weighted by atomic mass is 10.2. The Kier molecular flexibility index (Phi) is 7.33. The van der Waals surface area contributed by atoms with Gasteiger partial charge in [0.25, 0.3) is 10.0 Å². The van der Waals surface area contributed by atoms with E-state index < -0.39 is 15.9 Å². The van der Waals surface area contributed by atoms with Crippen molar-refractivity contribution in [1.82, 2.24) is 5.32 Å². The summed E-state index contributed by atoms with van der Waals surface area (Å²) < 4.78 is 28.6. The van der Waals surface area contributed by atoms with Crippen molar-refractivity contribution in [2.75, 3.05) is 22.3 Å². The maximum Gasteiger partial charge on any atom is 0.264 e. The molecule has 0 aliphatic carbocycles. The fourth-order valence-corrected chi connectivity index (χ4v) is 5.49. The van der Waals surface area contributed by atoms with E-state index in [0.717, 1.165) is 26.4 Å². The SMILES string of the molecule is O=C(CN(c1ccc(Br)cc1)S(=O)(=O)c1ccccc1)NCc1cccc(N2CCCC2=O)c1. The van der Waals surface area contributed by atoms with Gasteiger partial charge < -0.3 is 10.2 Å². The molecule has 34 heavy (non-hydrogen) atoms. The van der Waals surface area contributed by atoms with Crippen LogP contribution in [0.5, 0.6) is 0 Å². The summed E-state index contributed by atoms with van der Waals surface area (Å²) in [5, 5.41) is 2.81. The van der Waals surface area contributed by atoms with Gasteiger partial charge in [0.05, 0.1) is 10.6 Å². The summed E-state index contributed by atoms with van der Waals surface area (Å²) in [6, 6.07) is 22.2. The van der Waals surface area contributed by atoms with Crippen molar-refractivity contribution in [3.05, 3.63) is 88.9 Å². The Hall–Kier alpha value is -3.17. The lowest BCUT2D eigenvalue weighted by molar-refractivity contribution is -0.120. The molecule has 0 saturated carbocycles. The zero-order valence-corrected chi connectivity index (χ0v) is 20.8. The molecular weight excluding hydrogens is 518 g/mol. The summed E-state index contributed by atoms with van der Waals surface area (Å²) in [5.41, 5.74) is 2.01. The highest BCUT2D eigenvalue weighted by molar-refractivity contribution is 9.10. The molecule has 3 aromatic rings. The van der Waals surface area contributed by atoms with Crippen LogP contribution in [0.1, 0.15) is 18.4 Å². The molecule has 1 saturated heterocycles. The smallest absolute Gasteiger partial charge is 0.264 e. The van der Waals surface area contributed by atoms with Crippen molar-refractivity contribution in [2.24, 2.45) is 0 Å². The number of sulfonamides is 1. The number of nitrogens with zero attached hydrogens (tertiary/aromatic N) is 2. The standard InChI is InChI=1S/C25H24BrN3O4S/c26-20-11-13-21(14-12-20)29(34(32,33)23-8-2-1-3-9-23)18-24(30)27-17-19-6-4-7-22(16-19)28-15-5-10-25(28)31/h1-4,6-9,11-14,16H,5,10,15,17-18H2,(H,27,30). The predicted octanol–water partition coefficient (Wildman–Crippen LogP) is 4.09. The molecule has 176 valence electrons. The molecule has 7 nitrogen and oxygen atoms in total. The number of nitrogens with one attached hydrogen (secondary N) is 1. The maximum atomic E-state index is 13.3. The van der Waals surface area contributed by atoms with E-state index in [9.17, 15) is 18.0 Å². The summed E-state index contributed by atoms with van der Waals surface area (Å²) in [7, 11) is -3.96. The number of carbonyl (C=O) groups is 2. The monoisotopic (exact) mass is 541 g/mol. The third kappa shape index (κ3) is 5.48. The molecule has 9 heteroatoms. The summed E-state index contributed by atoms with van der Waals surface area (Å²) >= 11 is 3.35. The van der Waals surface area contributed by atoms with Gasteiger partial charge in [-0.15, -0.1) is 0 Å². The summed E-state index contributed by atoms with van der Waals surface area (Å²) in [4.78, 5) is 26.7. The number of anilines is 2. The van der Waals surface area contributed by atoms with Gasteiger partial charge in [0.15, 0.2) is 0 Å². The molecule has 0 spiro atoms. The molecule has 4 rings (SSSR count). The van der Waals surface area contributed by atoms with Gasteiger partial charge in [0.2, 0.25) is 11.8 Å². The Balaban J connectivity index is 1.50. The van der Waals surface area contributed by atoms with E-state index in [1.807, 2.05) is 24.3 Å². The first kappa shape index (κ1) is 24.0. The Bertz CT molecular complexity index is 1280. The van der Waals surface area contributed by atoms with E-state index in [1.54, 1.807) is 47.4 Å². The van der Waals surface area contributed by atoms with Gasteiger partial charge in [0, 0.05) is 29.7 Å². The van der Waals surface area contributed by atoms with Gasteiger partial charge in [-0.25, -0.2) is 8.42 Å². The van der Waals surface area contributed by atoms with E-state index in [-0.39, 0.29) is 23.9 Å². The number of halogens is 1. The molecule has 0 aromatic heterocycles. The number of rotatable bonds is 8. The predicted molar refractivity (Wildman–Crippen MR) is 135 cm³/mol. The largest absolute Gasteiger partial charge is 0.350 e. The molecular formula is C25H24BrN3O4S. The minimum Gasteiger partial charge on any atom is -0.350 e. The van der Waals surface area contributed by atoms with Crippen LogP contribution in [0.3, 0.4) is 0 Å². The Morgan fingerprint density at radius 1 is 1.00 bits per heavy atom. The van der Waals surface area contributed by atoms with E-state index >= 15 is 0 Å². The average Bonchev–Trinajstić information content (AvgIpc) is 3.28. The molecule has 2 amide bonds. The van der Waals surface area contributed by atoms with Gasteiger partial charge >= 0.3 is 0 Å². The third-order valence-electron chi connectivity index (χ3n) is 5.52. The zero-order valence-electron chi connectivity index (χ0n) is 18.4. The molecule has 0 unspecified atom stereocenters. The van der Waals surface area contributed by atoms with Gasteiger partial charge in [-0.2, -0.15) is 0 Å². The van der Waals surface area contributed by atoms with Crippen LogP contribution in [-0.2, 0) is 26.2 Å². The fourth-order valence-electron chi connectivity index (χ4n) is 3.78. The highest BCUT2D eigenvalue weighted by Crippen LogP contribution is 2.25. The normalized spacial score (nSPS) is 13.7. The van der Waals surface area contributed by atoms with Crippen molar-refractivity contribution in [3.8, 4) is 0 Å². The van der Waals surface area contributed by atoms with E-state index in [4.69, 9.17) is 0 Å². The zero-order chi connectivity index (χ0) is 24.1. The van der Waals surface area contributed by atoms with Crippen molar-refractivity contribution in [1.29, 1.82) is 0 Å². The van der Waals surface area contributed by atoms with E-state index in [0.29, 0.717) is 18.7 Å². The van der Waals surface area contributed by atoms with E-state index in [2.05, 4.69) is 21.2 Å². The lowest BCUT2D eigenvalue weighted by Crippen LogP contribution is -2.40. The number of hydrogen-bond donors (Lipinski definition) is 1. The van der Waals surface area contributed by atoms with Crippen LogP contribution in [0.2, 0.25) is 0 Å². The fraction of sp³-hybridized carbons (Fsp3) is 0.200. The number of amides is 2. The summed E-state index contributed by atoms with van der Waals surface area (Å²) in [6.45, 7) is 0.533. The van der Waals surface area contributed by atoms with Crippen LogP contribution >= 0.6 is 15.9 Å². The molecule has 1 heterocycles. The summed E-state index contributed by atoms with van der Waals surface area (Å²) in [6.07, 6.45) is 1.38. The highest BCUT2D eigenvalue weighted by Gasteiger charge is 2.27. The maximum absolute atomic E-state index is 13.3. The molecule has 1 aliphatic rings. The van der Waals surface area contributed by atoms with Gasteiger partial charge in [0.1, 0.15) is 6.54 Å². The van der Waals surface area contributed by atoms with E-state index in [1.165, 1.54) is 12.1 Å². The Morgan fingerprint density at radius 2 is 1.74 bits per heavy atom.